The second kappa shape index (κ2) is 6.05. The quantitative estimate of drug-likeness (QED) is 0.840. The molecule has 2 aromatic rings. The van der Waals surface area contributed by atoms with Gasteiger partial charge >= 0.3 is 0 Å². The van der Waals surface area contributed by atoms with Crippen LogP contribution in [0.4, 0.5) is 10.1 Å². The molecule has 0 heterocycles. The molecule has 2 rings (SSSR count). The summed E-state index contributed by atoms with van der Waals surface area (Å²) in [5, 5.41) is 2.82. The SMILES string of the molecule is CC(NC(=O)c1cccc(F)c1Br)c1ccc(N)cc1. The summed E-state index contributed by atoms with van der Waals surface area (Å²) in [6.07, 6.45) is 0. The summed E-state index contributed by atoms with van der Waals surface area (Å²) >= 11 is 3.08. The molecular weight excluding hydrogens is 323 g/mol. The number of nitrogen functional groups attached to an aromatic ring is 1. The predicted molar refractivity (Wildman–Crippen MR) is 80.8 cm³/mol. The number of anilines is 1. The second-order valence-electron chi connectivity index (χ2n) is 4.46. The van der Waals surface area contributed by atoms with E-state index in [-0.39, 0.29) is 22.0 Å². The maximum absolute atomic E-state index is 13.4. The lowest BCUT2D eigenvalue weighted by atomic mass is 10.1. The van der Waals surface area contributed by atoms with Gasteiger partial charge in [0.15, 0.2) is 0 Å². The maximum atomic E-state index is 13.4. The zero-order chi connectivity index (χ0) is 14.7. The third kappa shape index (κ3) is 3.17. The van der Waals surface area contributed by atoms with E-state index in [9.17, 15) is 9.18 Å². The third-order valence-electron chi connectivity index (χ3n) is 2.98. The van der Waals surface area contributed by atoms with Crippen LogP contribution in [0.2, 0.25) is 0 Å². The molecular formula is C15H14BrFN2O. The average Bonchev–Trinajstić information content (AvgIpc) is 2.42. The number of carbonyl (C=O) groups is 1. The van der Waals surface area contributed by atoms with Crippen LogP contribution in [-0.4, -0.2) is 5.91 Å². The van der Waals surface area contributed by atoms with Gasteiger partial charge < -0.3 is 11.1 Å². The number of hydrogen-bond donors (Lipinski definition) is 2. The van der Waals surface area contributed by atoms with Gasteiger partial charge in [0.05, 0.1) is 16.1 Å². The molecule has 2 aromatic carbocycles. The molecule has 1 unspecified atom stereocenters. The Labute approximate surface area is 125 Å². The molecule has 5 heteroatoms. The van der Waals surface area contributed by atoms with Crippen LogP contribution in [0.5, 0.6) is 0 Å². The van der Waals surface area contributed by atoms with Crippen molar-refractivity contribution in [1.82, 2.24) is 5.32 Å². The number of nitrogens with one attached hydrogen (secondary N) is 1. The van der Waals surface area contributed by atoms with E-state index in [2.05, 4.69) is 21.2 Å². The van der Waals surface area contributed by atoms with Crippen molar-refractivity contribution in [2.75, 3.05) is 5.73 Å². The molecule has 0 aliphatic carbocycles. The summed E-state index contributed by atoms with van der Waals surface area (Å²) in [7, 11) is 0. The number of benzene rings is 2. The van der Waals surface area contributed by atoms with Crippen LogP contribution in [0.3, 0.4) is 0 Å². The third-order valence-corrected chi connectivity index (χ3v) is 3.79. The Morgan fingerprint density at radius 1 is 1.25 bits per heavy atom. The molecule has 104 valence electrons. The Morgan fingerprint density at radius 3 is 2.55 bits per heavy atom. The zero-order valence-electron chi connectivity index (χ0n) is 10.9. The van der Waals surface area contributed by atoms with E-state index in [0.717, 1.165) is 5.56 Å². The first-order valence-corrected chi connectivity index (χ1v) is 6.88. The van der Waals surface area contributed by atoms with Crippen LogP contribution >= 0.6 is 15.9 Å². The lowest BCUT2D eigenvalue weighted by Gasteiger charge is -2.15. The van der Waals surface area contributed by atoms with Crippen molar-refractivity contribution in [2.45, 2.75) is 13.0 Å². The van der Waals surface area contributed by atoms with Gasteiger partial charge in [0.2, 0.25) is 0 Å². The van der Waals surface area contributed by atoms with Gasteiger partial charge in [0, 0.05) is 5.69 Å². The van der Waals surface area contributed by atoms with E-state index in [1.54, 1.807) is 18.2 Å². The lowest BCUT2D eigenvalue weighted by molar-refractivity contribution is 0.0938. The van der Waals surface area contributed by atoms with E-state index in [0.29, 0.717) is 5.69 Å². The molecule has 3 nitrogen and oxygen atoms in total. The predicted octanol–water partition coefficient (Wildman–Crippen LogP) is 3.66. The fraction of sp³-hybridized carbons (Fsp3) is 0.133. The van der Waals surface area contributed by atoms with E-state index in [1.807, 2.05) is 19.1 Å². The Balaban J connectivity index is 2.15. The fourth-order valence-corrected chi connectivity index (χ4v) is 2.27. The highest BCUT2D eigenvalue weighted by Gasteiger charge is 2.15. The average molecular weight is 337 g/mol. The highest BCUT2D eigenvalue weighted by molar-refractivity contribution is 9.10. The first-order chi connectivity index (χ1) is 9.49. The van der Waals surface area contributed by atoms with Crippen LogP contribution in [-0.2, 0) is 0 Å². The van der Waals surface area contributed by atoms with Gasteiger partial charge in [-0.05, 0) is 52.7 Å². The number of hydrogen-bond acceptors (Lipinski definition) is 2. The molecule has 0 radical (unpaired) electrons. The first-order valence-electron chi connectivity index (χ1n) is 6.09. The fourth-order valence-electron chi connectivity index (χ4n) is 1.82. The molecule has 1 atom stereocenters. The topological polar surface area (TPSA) is 55.1 Å². The first kappa shape index (κ1) is 14.5. The minimum atomic E-state index is -0.460. The number of rotatable bonds is 3. The lowest BCUT2D eigenvalue weighted by Crippen LogP contribution is -2.27. The number of halogens is 2. The largest absolute Gasteiger partial charge is 0.399 e. The molecule has 0 spiro atoms. The van der Waals surface area contributed by atoms with E-state index in [4.69, 9.17) is 5.73 Å². The summed E-state index contributed by atoms with van der Waals surface area (Å²) in [6, 6.07) is 11.4. The minimum absolute atomic E-state index is 0.169. The maximum Gasteiger partial charge on any atom is 0.253 e. The minimum Gasteiger partial charge on any atom is -0.399 e. The Morgan fingerprint density at radius 2 is 1.90 bits per heavy atom. The van der Waals surface area contributed by atoms with Gasteiger partial charge in [0.1, 0.15) is 5.82 Å². The summed E-state index contributed by atoms with van der Waals surface area (Å²) in [4.78, 5) is 12.1. The Hall–Kier alpha value is -1.88. The van der Waals surface area contributed by atoms with Crippen molar-refractivity contribution < 1.29 is 9.18 Å². The van der Waals surface area contributed by atoms with Gasteiger partial charge in [-0.15, -0.1) is 0 Å². The Kier molecular flexibility index (Phi) is 4.39. The van der Waals surface area contributed by atoms with Gasteiger partial charge in [0.25, 0.3) is 5.91 Å². The van der Waals surface area contributed by atoms with Crippen LogP contribution in [0.25, 0.3) is 0 Å². The second-order valence-corrected chi connectivity index (χ2v) is 5.26. The molecule has 0 bridgehead atoms. The molecule has 0 aliphatic rings. The van der Waals surface area contributed by atoms with Crippen molar-refractivity contribution in [1.29, 1.82) is 0 Å². The van der Waals surface area contributed by atoms with Gasteiger partial charge in [-0.25, -0.2) is 4.39 Å². The standard InChI is InChI=1S/C15H14BrFN2O/c1-9(10-5-7-11(18)8-6-10)19-15(20)12-3-2-4-13(17)14(12)16/h2-9H,18H2,1H3,(H,19,20). The van der Waals surface area contributed by atoms with Crippen molar-refractivity contribution in [3.05, 3.63) is 63.9 Å². The molecule has 0 aromatic heterocycles. The smallest absolute Gasteiger partial charge is 0.253 e. The van der Waals surface area contributed by atoms with Crippen molar-refractivity contribution in [2.24, 2.45) is 0 Å². The molecule has 3 N–H and O–H groups in total. The molecule has 0 aliphatic heterocycles. The van der Waals surface area contributed by atoms with Crippen LogP contribution in [0.1, 0.15) is 28.9 Å². The number of nitrogens with two attached hydrogens (primary N) is 1. The highest BCUT2D eigenvalue weighted by Crippen LogP contribution is 2.21. The summed E-state index contributed by atoms with van der Waals surface area (Å²) in [5.74, 6) is -0.793. The summed E-state index contributed by atoms with van der Waals surface area (Å²) in [5.41, 5.74) is 7.49. The van der Waals surface area contributed by atoms with E-state index < -0.39 is 5.82 Å². The highest BCUT2D eigenvalue weighted by atomic mass is 79.9. The summed E-state index contributed by atoms with van der Waals surface area (Å²) in [6.45, 7) is 1.86. The van der Waals surface area contributed by atoms with E-state index in [1.165, 1.54) is 12.1 Å². The molecule has 0 fully saturated rings. The monoisotopic (exact) mass is 336 g/mol. The van der Waals surface area contributed by atoms with Crippen molar-refractivity contribution in [3.63, 3.8) is 0 Å². The van der Waals surface area contributed by atoms with Gasteiger partial charge in [-0.3, -0.25) is 4.79 Å². The number of carbonyl (C=O) groups excluding carboxylic acids is 1. The Bertz CT molecular complexity index is 628. The number of amides is 1. The molecule has 0 saturated heterocycles. The van der Waals surface area contributed by atoms with Crippen molar-refractivity contribution in [3.8, 4) is 0 Å². The van der Waals surface area contributed by atoms with Gasteiger partial charge in [-0.1, -0.05) is 18.2 Å². The van der Waals surface area contributed by atoms with Crippen LogP contribution in [0.15, 0.2) is 46.9 Å². The summed E-state index contributed by atoms with van der Waals surface area (Å²) < 4.78 is 13.6. The van der Waals surface area contributed by atoms with E-state index >= 15 is 0 Å². The van der Waals surface area contributed by atoms with Crippen LogP contribution in [0, 0.1) is 5.82 Å². The molecule has 0 saturated carbocycles. The molecule has 1 amide bonds. The molecule has 20 heavy (non-hydrogen) atoms. The normalized spacial score (nSPS) is 11.9. The van der Waals surface area contributed by atoms with Gasteiger partial charge in [-0.2, -0.15) is 0 Å². The van der Waals surface area contributed by atoms with Crippen LogP contribution < -0.4 is 11.1 Å². The zero-order valence-corrected chi connectivity index (χ0v) is 12.4. The van der Waals surface area contributed by atoms with Crippen molar-refractivity contribution >= 4 is 27.5 Å².